The third kappa shape index (κ3) is 8.68. The van der Waals surface area contributed by atoms with Crippen molar-refractivity contribution in [1.29, 1.82) is 0 Å². The zero-order valence-corrected chi connectivity index (χ0v) is 9.58. The molecule has 0 atom stereocenters. The van der Waals surface area contributed by atoms with Crippen LogP contribution in [0.15, 0.2) is 30.3 Å². The standard InChI is InChI=1S/C10H10O3.C2H4O2/c1-13-9-5-2-8(3-6-9)4-7-10(11)12;1-2(3)4/h2-7H,1H3,(H,11,12);1H3,(H,3,4). The van der Waals surface area contributed by atoms with Gasteiger partial charge in [-0.3, -0.25) is 4.79 Å². The summed E-state index contributed by atoms with van der Waals surface area (Å²) in [5.74, 6) is -1.02. The number of ether oxygens (including phenoxy) is 1. The molecule has 17 heavy (non-hydrogen) atoms. The molecule has 0 spiro atoms. The van der Waals surface area contributed by atoms with Gasteiger partial charge in [0.1, 0.15) is 5.75 Å². The second kappa shape index (κ2) is 7.92. The van der Waals surface area contributed by atoms with Crippen molar-refractivity contribution in [3.63, 3.8) is 0 Å². The van der Waals surface area contributed by atoms with Gasteiger partial charge in [-0.2, -0.15) is 0 Å². The molecule has 0 radical (unpaired) electrons. The second-order valence-corrected chi connectivity index (χ2v) is 2.96. The van der Waals surface area contributed by atoms with E-state index in [4.69, 9.17) is 19.7 Å². The van der Waals surface area contributed by atoms with Crippen LogP contribution in [-0.2, 0) is 9.59 Å². The number of carboxylic acid groups (broad SMARTS) is 2. The van der Waals surface area contributed by atoms with Crippen LogP contribution in [0.25, 0.3) is 6.08 Å². The van der Waals surface area contributed by atoms with E-state index in [2.05, 4.69) is 0 Å². The average molecular weight is 238 g/mol. The molecule has 0 aliphatic carbocycles. The summed E-state index contributed by atoms with van der Waals surface area (Å²) in [5.41, 5.74) is 0.836. The molecule has 0 aliphatic heterocycles. The molecule has 5 nitrogen and oxygen atoms in total. The van der Waals surface area contributed by atoms with Crippen molar-refractivity contribution in [3.8, 4) is 5.75 Å². The van der Waals surface area contributed by atoms with Crippen molar-refractivity contribution in [1.82, 2.24) is 0 Å². The molecule has 0 bridgehead atoms. The number of hydrogen-bond acceptors (Lipinski definition) is 3. The van der Waals surface area contributed by atoms with E-state index in [1.165, 1.54) is 6.08 Å². The van der Waals surface area contributed by atoms with Crippen LogP contribution < -0.4 is 4.74 Å². The summed E-state index contributed by atoms with van der Waals surface area (Å²) in [4.78, 5) is 19.2. The Kier molecular flexibility index (Phi) is 6.85. The first-order valence-electron chi connectivity index (χ1n) is 4.70. The van der Waals surface area contributed by atoms with Crippen molar-refractivity contribution >= 4 is 18.0 Å². The minimum atomic E-state index is -0.948. The Bertz CT molecular complexity index is 388. The molecule has 0 unspecified atom stereocenters. The lowest BCUT2D eigenvalue weighted by Gasteiger charge is -1.98. The Morgan fingerprint density at radius 2 is 1.65 bits per heavy atom. The monoisotopic (exact) mass is 238 g/mol. The van der Waals surface area contributed by atoms with Gasteiger partial charge in [0.25, 0.3) is 5.97 Å². The summed E-state index contributed by atoms with van der Waals surface area (Å²) in [6.45, 7) is 1.08. The van der Waals surface area contributed by atoms with Crippen molar-refractivity contribution in [2.24, 2.45) is 0 Å². The number of rotatable bonds is 3. The smallest absolute Gasteiger partial charge is 0.328 e. The van der Waals surface area contributed by atoms with Gasteiger partial charge in [-0.05, 0) is 23.8 Å². The van der Waals surface area contributed by atoms with Gasteiger partial charge in [-0.15, -0.1) is 0 Å². The van der Waals surface area contributed by atoms with E-state index >= 15 is 0 Å². The van der Waals surface area contributed by atoms with Crippen LogP contribution in [0.5, 0.6) is 5.75 Å². The zero-order chi connectivity index (χ0) is 13.3. The number of carboxylic acids is 2. The molecule has 92 valence electrons. The van der Waals surface area contributed by atoms with Gasteiger partial charge in [-0.25, -0.2) is 4.79 Å². The highest BCUT2D eigenvalue weighted by molar-refractivity contribution is 5.85. The van der Waals surface area contributed by atoms with Crippen molar-refractivity contribution in [3.05, 3.63) is 35.9 Å². The number of aliphatic carboxylic acids is 2. The molecule has 1 aromatic rings. The molecule has 2 N–H and O–H groups in total. The van der Waals surface area contributed by atoms with Crippen molar-refractivity contribution in [2.75, 3.05) is 7.11 Å². The van der Waals surface area contributed by atoms with Crippen LogP contribution in [-0.4, -0.2) is 29.3 Å². The van der Waals surface area contributed by atoms with E-state index in [9.17, 15) is 4.79 Å². The summed E-state index contributed by atoms with van der Waals surface area (Å²) >= 11 is 0. The summed E-state index contributed by atoms with van der Waals surface area (Å²) < 4.78 is 4.95. The minimum absolute atomic E-state index is 0.757. The predicted molar refractivity (Wildman–Crippen MR) is 63.0 cm³/mol. The first-order valence-corrected chi connectivity index (χ1v) is 4.70. The van der Waals surface area contributed by atoms with E-state index in [1.54, 1.807) is 31.4 Å². The largest absolute Gasteiger partial charge is 0.497 e. The molecule has 1 aromatic carbocycles. The lowest BCUT2D eigenvalue weighted by Crippen LogP contribution is -1.86. The first-order chi connectivity index (χ1) is 7.95. The van der Waals surface area contributed by atoms with E-state index in [0.29, 0.717) is 0 Å². The van der Waals surface area contributed by atoms with Crippen LogP contribution in [0.4, 0.5) is 0 Å². The van der Waals surface area contributed by atoms with Crippen LogP contribution in [0.1, 0.15) is 12.5 Å². The first kappa shape index (κ1) is 14.7. The van der Waals surface area contributed by atoms with Gasteiger partial charge < -0.3 is 14.9 Å². The molecule has 0 aromatic heterocycles. The van der Waals surface area contributed by atoms with Crippen LogP contribution in [0.2, 0.25) is 0 Å². The highest BCUT2D eigenvalue weighted by atomic mass is 16.5. The van der Waals surface area contributed by atoms with Crippen LogP contribution in [0, 0.1) is 0 Å². The van der Waals surface area contributed by atoms with E-state index in [1.807, 2.05) is 0 Å². The quantitative estimate of drug-likeness (QED) is 0.785. The maximum Gasteiger partial charge on any atom is 0.328 e. The van der Waals surface area contributed by atoms with Gasteiger partial charge in [0.2, 0.25) is 0 Å². The Balaban J connectivity index is 0.000000557. The second-order valence-electron chi connectivity index (χ2n) is 2.96. The fourth-order valence-electron chi connectivity index (χ4n) is 0.883. The van der Waals surface area contributed by atoms with Gasteiger partial charge in [0, 0.05) is 13.0 Å². The highest BCUT2D eigenvalue weighted by Crippen LogP contribution is 2.11. The van der Waals surface area contributed by atoms with Crippen molar-refractivity contribution < 1.29 is 24.5 Å². The fraction of sp³-hybridized carbons (Fsp3) is 0.167. The molecule has 0 fully saturated rings. The number of benzene rings is 1. The Morgan fingerprint density at radius 1 is 1.18 bits per heavy atom. The maximum atomic E-state index is 10.2. The number of carbonyl (C=O) groups is 2. The fourth-order valence-corrected chi connectivity index (χ4v) is 0.883. The van der Waals surface area contributed by atoms with Crippen LogP contribution >= 0.6 is 0 Å². The lowest BCUT2D eigenvalue weighted by atomic mass is 10.2. The normalized spacial score (nSPS) is 9.29. The molecule has 0 heterocycles. The highest BCUT2D eigenvalue weighted by Gasteiger charge is 1.91. The number of methoxy groups -OCH3 is 1. The summed E-state index contributed by atoms with van der Waals surface area (Å²) in [6.07, 6.45) is 2.63. The molecule has 0 saturated heterocycles. The van der Waals surface area contributed by atoms with Gasteiger partial charge >= 0.3 is 5.97 Å². The van der Waals surface area contributed by atoms with Crippen LogP contribution in [0.3, 0.4) is 0 Å². The van der Waals surface area contributed by atoms with Crippen molar-refractivity contribution in [2.45, 2.75) is 6.92 Å². The topological polar surface area (TPSA) is 83.8 Å². The molecule has 0 aliphatic rings. The number of hydrogen-bond donors (Lipinski definition) is 2. The average Bonchev–Trinajstić information content (AvgIpc) is 2.26. The third-order valence-corrected chi connectivity index (χ3v) is 1.53. The molecule has 5 heteroatoms. The van der Waals surface area contributed by atoms with E-state index < -0.39 is 11.9 Å². The van der Waals surface area contributed by atoms with Gasteiger partial charge in [-0.1, -0.05) is 12.1 Å². The summed E-state index contributed by atoms with van der Waals surface area (Å²) in [6, 6.07) is 7.14. The SMILES string of the molecule is CC(=O)O.COc1ccc(C=CC(=O)O)cc1. The maximum absolute atomic E-state index is 10.2. The molecular formula is C12H14O5. The lowest BCUT2D eigenvalue weighted by molar-refractivity contribution is -0.134. The molecule has 0 saturated carbocycles. The Labute approximate surface area is 99.0 Å². The summed E-state index contributed by atoms with van der Waals surface area (Å²) in [7, 11) is 1.59. The van der Waals surface area contributed by atoms with E-state index in [0.717, 1.165) is 24.3 Å². The van der Waals surface area contributed by atoms with Gasteiger partial charge in [0.15, 0.2) is 0 Å². The van der Waals surface area contributed by atoms with E-state index in [-0.39, 0.29) is 0 Å². The zero-order valence-electron chi connectivity index (χ0n) is 9.58. The molecule has 0 amide bonds. The predicted octanol–water partition coefficient (Wildman–Crippen LogP) is 1.88. The molecular weight excluding hydrogens is 224 g/mol. The third-order valence-electron chi connectivity index (χ3n) is 1.53. The summed E-state index contributed by atoms with van der Waals surface area (Å²) in [5, 5.41) is 15.8. The Hall–Kier alpha value is -2.30. The molecule has 1 rings (SSSR count). The van der Waals surface area contributed by atoms with Gasteiger partial charge in [0.05, 0.1) is 7.11 Å². The Morgan fingerprint density at radius 3 is 2.00 bits per heavy atom. The minimum Gasteiger partial charge on any atom is -0.497 e.